The molecule has 1 aromatic carbocycles. The molecule has 1 saturated heterocycles. The molecule has 2 aliphatic rings. The summed E-state index contributed by atoms with van der Waals surface area (Å²) in [5.41, 5.74) is 0.526. The number of rotatable bonds is 7. The smallest absolute Gasteiger partial charge is 0.252 e. The number of hydrogen-bond acceptors (Lipinski definition) is 5. The molecule has 6 nitrogen and oxygen atoms in total. The molecule has 1 aromatic heterocycles. The molecule has 1 amide bonds. The average Bonchev–Trinajstić information content (AvgIpc) is 3.42. The lowest BCUT2D eigenvalue weighted by molar-refractivity contribution is -0.123. The van der Waals surface area contributed by atoms with Crippen molar-refractivity contribution in [3.63, 3.8) is 0 Å². The van der Waals surface area contributed by atoms with Gasteiger partial charge in [0, 0.05) is 18.0 Å². The van der Waals surface area contributed by atoms with Gasteiger partial charge in [-0.2, -0.15) is 4.31 Å². The van der Waals surface area contributed by atoms with Crippen LogP contribution in [0.15, 0.2) is 40.6 Å². The molecule has 1 N–H and O–H groups in total. The highest BCUT2D eigenvalue weighted by Crippen LogP contribution is 2.48. The quantitative estimate of drug-likeness (QED) is 0.703. The molecule has 2 aromatic rings. The molecule has 162 valence electrons. The van der Waals surface area contributed by atoms with Crippen LogP contribution in [-0.4, -0.2) is 38.8 Å². The molecule has 30 heavy (non-hydrogen) atoms. The Kier molecular flexibility index (Phi) is 5.92. The third-order valence-electron chi connectivity index (χ3n) is 6.22. The lowest BCUT2D eigenvalue weighted by Crippen LogP contribution is -2.37. The first kappa shape index (κ1) is 21.3. The summed E-state index contributed by atoms with van der Waals surface area (Å²) in [6.45, 7) is 3.66. The topological polar surface area (TPSA) is 75.7 Å². The van der Waals surface area contributed by atoms with E-state index in [0.717, 1.165) is 41.9 Å². The highest BCUT2D eigenvalue weighted by atomic mass is 32.2. The number of piperidine rings is 1. The van der Waals surface area contributed by atoms with E-state index in [1.807, 2.05) is 24.3 Å². The highest BCUT2D eigenvalue weighted by molar-refractivity contribution is 7.91. The fourth-order valence-corrected chi connectivity index (χ4v) is 6.88. The van der Waals surface area contributed by atoms with Crippen LogP contribution in [0.5, 0.6) is 5.75 Å². The molecule has 1 aliphatic carbocycles. The van der Waals surface area contributed by atoms with E-state index in [9.17, 15) is 13.2 Å². The second-order valence-electron chi connectivity index (χ2n) is 8.30. The fraction of sp³-hybridized carbons (Fsp3) is 0.500. The summed E-state index contributed by atoms with van der Waals surface area (Å²) < 4.78 is 32.9. The standard InChI is InChI=1S/C22H28N2O4S2/c1-16-9-13-24(14-10-16)30(26,27)20-8-7-19(29-20)15-23-21(25)22(11-12-22)17-3-5-18(28-2)6-4-17/h3-8,16H,9-15H2,1-2H3,(H,23,25). The Labute approximate surface area is 182 Å². The van der Waals surface area contributed by atoms with Gasteiger partial charge >= 0.3 is 0 Å². The van der Waals surface area contributed by atoms with Crippen molar-refractivity contribution in [1.82, 2.24) is 9.62 Å². The summed E-state index contributed by atoms with van der Waals surface area (Å²) in [4.78, 5) is 13.7. The number of amides is 1. The second kappa shape index (κ2) is 8.32. The highest BCUT2D eigenvalue weighted by Gasteiger charge is 2.51. The molecule has 0 unspecified atom stereocenters. The summed E-state index contributed by atoms with van der Waals surface area (Å²) in [5, 5.41) is 3.01. The van der Waals surface area contributed by atoms with E-state index >= 15 is 0 Å². The Bertz CT molecular complexity index is 1000. The number of benzene rings is 1. The molecule has 1 aliphatic heterocycles. The van der Waals surface area contributed by atoms with Gasteiger partial charge in [0.15, 0.2) is 0 Å². The van der Waals surface area contributed by atoms with E-state index in [1.165, 1.54) is 11.3 Å². The van der Waals surface area contributed by atoms with Crippen molar-refractivity contribution in [3.05, 3.63) is 46.8 Å². The minimum atomic E-state index is -3.44. The van der Waals surface area contributed by atoms with Gasteiger partial charge in [0.1, 0.15) is 9.96 Å². The molecule has 2 heterocycles. The molecule has 2 fully saturated rings. The van der Waals surface area contributed by atoms with Crippen LogP contribution in [0.1, 0.15) is 43.0 Å². The molecule has 0 spiro atoms. The van der Waals surface area contributed by atoms with Crippen LogP contribution in [0.3, 0.4) is 0 Å². The third-order valence-corrected chi connectivity index (χ3v) is 9.68. The summed E-state index contributed by atoms with van der Waals surface area (Å²) in [5.74, 6) is 1.34. The summed E-state index contributed by atoms with van der Waals surface area (Å²) in [7, 11) is -1.82. The lowest BCUT2D eigenvalue weighted by atomic mass is 9.95. The van der Waals surface area contributed by atoms with Crippen LogP contribution in [-0.2, 0) is 26.8 Å². The van der Waals surface area contributed by atoms with Crippen LogP contribution in [0.4, 0.5) is 0 Å². The van der Waals surface area contributed by atoms with Gasteiger partial charge in [-0.1, -0.05) is 19.1 Å². The zero-order chi connectivity index (χ0) is 21.4. The van der Waals surface area contributed by atoms with E-state index < -0.39 is 15.4 Å². The summed E-state index contributed by atoms with van der Waals surface area (Å²) in [6, 6.07) is 11.1. The van der Waals surface area contributed by atoms with Gasteiger partial charge in [-0.05, 0) is 61.4 Å². The first-order chi connectivity index (χ1) is 14.3. The predicted octanol–water partition coefficient (Wildman–Crippen LogP) is 3.53. The molecule has 4 rings (SSSR count). The molecule has 0 radical (unpaired) electrons. The fourth-order valence-electron chi connectivity index (χ4n) is 3.96. The van der Waals surface area contributed by atoms with Crippen molar-refractivity contribution in [3.8, 4) is 5.75 Å². The largest absolute Gasteiger partial charge is 0.497 e. The summed E-state index contributed by atoms with van der Waals surface area (Å²) in [6.07, 6.45) is 3.45. The number of ether oxygens (including phenoxy) is 1. The molecule has 0 atom stereocenters. The van der Waals surface area contributed by atoms with E-state index in [1.54, 1.807) is 23.5 Å². The van der Waals surface area contributed by atoms with E-state index in [0.29, 0.717) is 29.8 Å². The number of sulfonamides is 1. The number of thiophene rings is 1. The predicted molar refractivity (Wildman–Crippen MR) is 117 cm³/mol. The Balaban J connectivity index is 1.39. The first-order valence-electron chi connectivity index (χ1n) is 10.4. The monoisotopic (exact) mass is 448 g/mol. The number of carbonyl (C=O) groups excluding carboxylic acids is 1. The molecule has 8 heteroatoms. The van der Waals surface area contributed by atoms with Gasteiger partial charge in [0.05, 0.1) is 19.1 Å². The van der Waals surface area contributed by atoms with Crippen LogP contribution in [0.2, 0.25) is 0 Å². The van der Waals surface area contributed by atoms with Gasteiger partial charge < -0.3 is 10.1 Å². The van der Waals surface area contributed by atoms with Crippen molar-refractivity contribution in [2.45, 2.75) is 48.8 Å². The molecule has 0 bridgehead atoms. The van der Waals surface area contributed by atoms with Crippen LogP contribution in [0.25, 0.3) is 0 Å². The maximum atomic E-state index is 12.9. The Morgan fingerprint density at radius 1 is 1.17 bits per heavy atom. The zero-order valence-electron chi connectivity index (χ0n) is 17.4. The normalized spacial score (nSPS) is 19.4. The number of hydrogen-bond donors (Lipinski definition) is 1. The van der Waals surface area contributed by atoms with Crippen molar-refractivity contribution in [1.29, 1.82) is 0 Å². The maximum absolute atomic E-state index is 12.9. The zero-order valence-corrected chi connectivity index (χ0v) is 19.0. The van der Waals surface area contributed by atoms with Crippen molar-refractivity contribution >= 4 is 27.3 Å². The van der Waals surface area contributed by atoms with Crippen LogP contribution in [0, 0.1) is 5.92 Å². The number of methoxy groups -OCH3 is 1. The second-order valence-corrected chi connectivity index (χ2v) is 11.6. The van der Waals surface area contributed by atoms with Crippen molar-refractivity contribution < 1.29 is 17.9 Å². The van der Waals surface area contributed by atoms with E-state index in [4.69, 9.17) is 4.74 Å². The van der Waals surface area contributed by atoms with Gasteiger partial charge in [-0.25, -0.2) is 8.42 Å². The molecule has 1 saturated carbocycles. The number of carbonyl (C=O) groups is 1. The first-order valence-corrected chi connectivity index (χ1v) is 12.6. The van der Waals surface area contributed by atoms with Gasteiger partial charge in [-0.3, -0.25) is 4.79 Å². The van der Waals surface area contributed by atoms with Gasteiger partial charge in [-0.15, -0.1) is 11.3 Å². The Hall–Kier alpha value is -1.90. The average molecular weight is 449 g/mol. The minimum Gasteiger partial charge on any atom is -0.497 e. The van der Waals surface area contributed by atoms with E-state index in [2.05, 4.69) is 12.2 Å². The summed E-state index contributed by atoms with van der Waals surface area (Å²) >= 11 is 1.25. The number of nitrogens with one attached hydrogen (secondary N) is 1. The minimum absolute atomic E-state index is 0.00417. The SMILES string of the molecule is COc1ccc(C2(C(=O)NCc3ccc(S(=O)(=O)N4CCC(C)CC4)s3)CC2)cc1. The van der Waals surface area contributed by atoms with Crippen LogP contribution >= 0.6 is 11.3 Å². The lowest BCUT2D eigenvalue weighted by Gasteiger charge is -2.28. The van der Waals surface area contributed by atoms with Crippen molar-refractivity contribution in [2.24, 2.45) is 5.92 Å². The maximum Gasteiger partial charge on any atom is 0.252 e. The van der Waals surface area contributed by atoms with Crippen LogP contribution < -0.4 is 10.1 Å². The third kappa shape index (κ3) is 4.13. The van der Waals surface area contributed by atoms with Gasteiger partial charge in [0.2, 0.25) is 5.91 Å². The molecular weight excluding hydrogens is 420 g/mol. The van der Waals surface area contributed by atoms with Gasteiger partial charge in [0.25, 0.3) is 10.0 Å². The Morgan fingerprint density at radius 2 is 1.83 bits per heavy atom. The van der Waals surface area contributed by atoms with Crippen molar-refractivity contribution in [2.75, 3.05) is 20.2 Å². The Morgan fingerprint density at radius 3 is 2.43 bits per heavy atom. The van der Waals surface area contributed by atoms with E-state index in [-0.39, 0.29) is 5.91 Å². The molecular formula is C22H28N2O4S2. The number of nitrogens with zero attached hydrogens (tertiary/aromatic N) is 1.